The molecule has 1 heterocycles. The van der Waals surface area contributed by atoms with Gasteiger partial charge in [0.1, 0.15) is 0 Å². The normalized spacial score (nSPS) is 16.7. The first kappa shape index (κ1) is 15.3. The van der Waals surface area contributed by atoms with Crippen molar-refractivity contribution in [2.24, 2.45) is 0 Å². The second-order valence-electron chi connectivity index (χ2n) is 5.05. The molecule has 1 fully saturated rings. The number of allylic oxidation sites excluding steroid dienone is 2. The highest BCUT2D eigenvalue weighted by molar-refractivity contribution is 8.18. The lowest BCUT2D eigenvalue weighted by Gasteiger charge is -2.11. The third-order valence-electron chi connectivity index (χ3n) is 3.39. The highest BCUT2D eigenvalue weighted by Gasteiger charge is 2.34. The fourth-order valence-electron chi connectivity index (χ4n) is 2.23. The number of carbonyl (C=O) groups is 2. The monoisotopic (exact) mass is 321 g/mol. The summed E-state index contributed by atoms with van der Waals surface area (Å²) in [6, 6.07) is 19.3. The molecule has 2 aromatic carbocycles. The standard InChI is InChI=1S/C19H15NO2S/c21-18-17(13-7-12-15-8-3-1-4-9-15)23-19(22)20(18)14-16-10-5-2-6-11-16/h1-13H,14H2/b12-7+,17-13+. The minimum Gasteiger partial charge on any atom is -0.268 e. The molecule has 4 heteroatoms. The van der Waals surface area contributed by atoms with Gasteiger partial charge in [0, 0.05) is 0 Å². The largest absolute Gasteiger partial charge is 0.293 e. The maximum atomic E-state index is 12.3. The van der Waals surface area contributed by atoms with E-state index in [9.17, 15) is 9.59 Å². The predicted molar refractivity (Wildman–Crippen MR) is 93.5 cm³/mol. The summed E-state index contributed by atoms with van der Waals surface area (Å²) in [6.07, 6.45) is 5.41. The van der Waals surface area contributed by atoms with Crippen LogP contribution in [0.4, 0.5) is 4.79 Å². The number of benzene rings is 2. The fourth-order valence-corrected chi connectivity index (χ4v) is 3.02. The van der Waals surface area contributed by atoms with Crippen LogP contribution in [0.5, 0.6) is 0 Å². The highest BCUT2D eigenvalue weighted by Crippen LogP contribution is 2.31. The predicted octanol–water partition coefficient (Wildman–Crippen LogP) is 4.48. The Morgan fingerprint density at radius 1 is 0.913 bits per heavy atom. The van der Waals surface area contributed by atoms with Gasteiger partial charge in [-0.25, -0.2) is 0 Å². The zero-order valence-electron chi connectivity index (χ0n) is 12.4. The van der Waals surface area contributed by atoms with Crippen LogP contribution in [0.3, 0.4) is 0 Å². The van der Waals surface area contributed by atoms with Crippen LogP contribution in [0.2, 0.25) is 0 Å². The molecule has 0 aromatic heterocycles. The van der Waals surface area contributed by atoms with Crippen molar-refractivity contribution in [3.05, 3.63) is 88.8 Å². The molecule has 23 heavy (non-hydrogen) atoms. The van der Waals surface area contributed by atoms with Gasteiger partial charge in [0.05, 0.1) is 11.4 Å². The highest BCUT2D eigenvalue weighted by atomic mass is 32.2. The van der Waals surface area contributed by atoms with E-state index in [4.69, 9.17) is 0 Å². The maximum absolute atomic E-state index is 12.3. The summed E-state index contributed by atoms with van der Waals surface area (Å²) in [4.78, 5) is 26.1. The minimum absolute atomic E-state index is 0.224. The SMILES string of the molecule is O=C1S/C(=C/C=C/c2ccccc2)C(=O)N1Cc1ccccc1. The molecular formula is C19H15NO2S. The Hall–Kier alpha value is -2.59. The van der Waals surface area contributed by atoms with Crippen molar-refractivity contribution in [2.75, 3.05) is 0 Å². The third kappa shape index (κ3) is 3.79. The molecule has 0 aliphatic carbocycles. The van der Waals surface area contributed by atoms with E-state index in [0.717, 1.165) is 22.9 Å². The van der Waals surface area contributed by atoms with Crippen LogP contribution in [0.15, 0.2) is 77.7 Å². The topological polar surface area (TPSA) is 37.4 Å². The maximum Gasteiger partial charge on any atom is 0.293 e. The summed E-state index contributed by atoms with van der Waals surface area (Å²) in [5, 5.41) is -0.224. The van der Waals surface area contributed by atoms with Crippen LogP contribution >= 0.6 is 11.8 Å². The zero-order valence-corrected chi connectivity index (χ0v) is 13.2. The van der Waals surface area contributed by atoms with Crippen LogP contribution in [-0.2, 0) is 11.3 Å². The van der Waals surface area contributed by atoms with Gasteiger partial charge in [-0.1, -0.05) is 72.8 Å². The average Bonchev–Trinajstić information content (AvgIpc) is 2.85. The lowest BCUT2D eigenvalue weighted by molar-refractivity contribution is -0.123. The van der Waals surface area contributed by atoms with Gasteiger partial charge in [0.15, 0.2) is 0 Å². The number of hydrogen-bond donors (Lipinski definition) is 0. The van der Waals surface area contributed by atoms with E-state index in [1.54, 1.807) is 12.2 Å². The van der Waals surface area contributed by atoms with Gasteiger partial charge < -0.3 is 0 Å². The quantitative estimate of drug-likeness (QED) is 0.779. The molecule has 3 nitrogen and oxygen atoms in total. The molecule has 1 saturated heterocycles. The van der Waals surface area contributed by atoms with Gasteiger partial charge in [-0.05, 0) is 29.0 Å². The number of nitrogens with zero attached hydrogens (tertiary/aromatic N) is 1. The van der Waals surface area contributed by atoms with E-state index >= 15 is 0 Å². The Kier molecular flexibility index (Phi) is 4.74. The van der Waals surface area contributed by atoms with E-state index in [0.29, 0.717) is 11.4 Å². The van der Waals surface area contributed by atoms with E-state index in [2.05, 4.69) is 0 Å². The average molecular weight is 321 g/mol. The van der Waals surface area contributed by atoms with Gasteiger partial charge in [0.2, 0.25) is 0 Å². The molecule has 0 saturated carbocycles. The molecular weight excluding hydrogens is 306 g/mol. The second-order valence-corrected chi connectivity index (χ2v) is 6.04. The van der Waals surface area contributed by atoms with Crippen molar-refractivity contribution in [1.29, 1.82) is 0 Å². The van der Waals surface area contributed by atoms with Gasteiger partial charge in [-0.2, -0.15) is 0 Å². The molecule has 2 amide bonds. The molecule has 0 spiro atoms. The van der Waals surface area contributed by atoms with Gasteiger partial charge in [-0.15, -0.1) is 0 Å². The minimum atomic E-state index is -0.235. The van der Waals surface area contributed by atoms with Crippen LogP contribution in [0, 0.1) is 0 Å². The first-order valence-corrected chi connectivity index (χ1v) is 8.07. The van der Waals surface area contributed by atoms with E-state index < -0.39 is 0 Å². The molecule has 0 bridgehead atoms. The number of hydrogen-bond acceptors (Lipinski definition) is 3. The van der Waals surface area contributed by atoms with Crippen LogP contribution < -0.4 is 0 Å². The van der Waals surface area contributed by atoms with Crippen molar-refractivity contribution in [3.8, 4) is 0 Å². The Labute approximate surface area is 139 Å². The summed E-state index contributed by atoms with van der Waals surface area (Å²) in [5.41, 5.74) is 1.99. The number of carbonyl (C=O) groups excluding carboxylic acids is 2. The Morgan fingerprint density at radius 2 is 1.57 bits per heavy atom. The van der Waals surface area contributed by atoms with Crippen LogP contribution in [0.1, 0.15) is 11.1 Å². The number of rotatable bonds is 4. The smallest absolute Gasteiger partial charge is 0.268 e. The van der Waals surface area contributed by atoms with Crippen molar-refractivity contribution >= 4 is 29.0 Å². The molecule has 1 aliphatic heterocycles. The van der Waals surface area contributed by atoms with Crippen LogP contribution in [-0.4, -0.2) is 16.0 Å². The van der Waals surface area contributed by atoms with Crippen molar-refractivity contribution in [2.45, 2.75) is 6.54 Å². The molecule has 0 unspecified atom stereocenters. The van der Waals surface area contributed by atoms with E-state index in [1.165, 1.54) is 4.90 Å². The number of amides is 2. The Balaban J connectivity index is 1.71. The molecule has 1 aliphatic rings. The number of imide groups is 1. The lowest BCUT2D eigenvalue weighted by atomic mass is 10.2. The number of thioether (sulfide) groups is 1. The summed E-state index contributed by atoms with van der Waals surface area (Å²) < 4.78 is 0. The van der Waals surface area contributed by atoms with Crippen molar-refractivity contribution in [1.82, 2.24) is 4.90 Å². The van der Waals surface area contributed by atoms with Crippen molar-refractivity contribution in [3.63, 3.8) is 0 Å². The van der Waals surface area contributed by atoms with Gasteiger partial charge >= 0.3 is 0 Å². The Morgan fingerprint density at radius 3 is 2.26 bits per heavy atom. The molecule has 0 radical (unpaired) electrons. The Bertz CT molecular complexity index is 766. The van der Waals surface area contributed by atoms with E-state index in [1.807, 2.05) is 66.7 Å². The molecule has 2 aromatic rings. The summed E-state index contributed by atoms with van der Waals surface area (Å²) in [7, 11) is 0. The van der Waals surface area contributed by atoms with Crippen LogP contribution in [0.25, 0.3) is 6.08 Å². The fraction of sp³-hybridized carbons (Fsp3) is 0.0526. The molecule has 3 rings (SSSR count). The van der Waals surface area contributed by atoms with Gasteiger partial charge in [-0.3, -0.25) is 14.5 Å². The molecule has 0 atom stereocenters. The summed E-state index contributed by atoms with van der Waals surface area (Å²) >= 11 is 0.983. The summed E-state index contributed by atoms with van der Waals surface area (Å²) in [6.45, 7) is 0.311. The van der Waals surface area contributed by atoms with Gasteiger partial charge in [0.25, 0.3) is 11.1 Å². The molecule has 114 valence electrons. The third-order valence-corrected chi connectivity index (χ3v) is 4.32. The zero-order chi connectivity index (χ0) is 16.1. The lowest BCUT2D eigenvalue weighted by Crippen LogP contribution is -2.27. The first-order valence-electron chi connectivity index (χ1n) is 7.25. The molecule has 0 N–H and O–H groups in total. The van der Waals surface area contributed by atoms with Crippen molar-refractivity contribution < 1.29 is 9.59 Å². The summed E-state index contributed by atoms with van der Waals surface area (Å²) in [5.74, 6) is -0.235. The van der Waals surface area contributed by atoms with E-state index in [-0.39, 0.29) is 11.1 Å². The second kappa shape index (κ2) is 7.11. The first-order chi connectivity index (χ1) is 11.2.